The number of phenolic OH excluding ortho intramolecular Hbond substituents is 1. The summed E-state index contributed by atoms with van der Waals surface area (Å²) in [5, 5.41) is 9.73. The van der Waals surface area contributed by atoms with Crippen LogP contribution in [0.15, 0.2) is 43.5 Å². The first kappa shape index (κ1) is 13.3. The molecule has 1 N–H and O–H groups in total. The second kappa shape index (κ2) is 6.76. The van der Waals surface area contributed by atoms with Crippen molar-refractivity contribution < 1.29 is 14.6 Å². The van der Waals surface area contributed by atoms with Gasteiger partial charge in [0.2, 0.25) is 0 Å². The SMILES string of the molecule is C=CCOC(C)Oc1cccc(O)c1CC=C. The quantitative estimate of drug-likeness (QED) is 0.582. The van der Waals surface area contributed by atoms with Gasteiger partial charge in [-0.05, 0) is 25.5 Å². The van der Waals surface area contributed by atoms with E-state index in [1.165, 1.54) is 0 Å². The molecule has 92 valence electrons. The Morgan fingerprint density at radius 3 is 2.76 bits per heavy atom. The highest BCUT2D eigenvalue weighted by molar-refractivity contribution is 5.44. The number of aromatic hydroxyl groups is 1. The predicted molar refractivity (Wildman–Crippen MR) is 68.2 cm³/mol. The summed E-state index contributed by atoms with van der Waals surface area (Å²) in [5.74, 6) is 0.819. The van der Waals surface area contributed by atoms with Crippen LogP contribution in [0.2, 0.25) is 0 Å². The van der Waals surface area contributed by atoms with E-state index >= 15 is 0 Å². The van der Waals surface area contributed by atoms with Gasteiger partial charge < -0.3 is 14.6 Å². The van der Waals surface area contributed by atoms with E-state index in [-0.39, 0.29) is 5.75 Å². The lowest BCUT2D eigenvalue weighted by molar-refractivity contribution is -0.0553. The van der Waals surface area contributed by atoms with Gasteiger partial charge in [0.25, 0.3) is 0 Å². The molecule has 3 heteroatoms. The normalized spacial score (nSPS) is 11.8. The van der Waals surface area contributed by atoms with Crippen molar-refractivity contribution >= 4 is 0 Å². The first-order valence-corrected chi connectivity index (χ1v) is 5.50. The smallest absolute Gasteiger partial charge is 0.197 e. The van der Waals surface area contributed by atoms with Gasteiger partial charge in [-0.3, -0.25) is 0 Å². The van der Waals surface area contributed by atoms with Gasteiger partial charge in [0, 0.05) is 5.56 Å². The lowest BCUT2D eigenvalue weighted by Gasteiger charge is -2.17. The van der Waals surface area contributed by atoms with Gasteiger partial charge in [0.05, 0.1) is 6.61 Å². The molecule has 1 atom stereocenters. The molecule has 0 radical (unpaired) electrons. The van der Waals surface area contributed by atoms with Crippen LogP contribution in [0.5, 0.6) is 11.5 Å². The molecule has 0 fully saturated rings. The monoisotopic (exact) mass is 234 g/mol. The van der Waals surface area contributed by atoms with Crippen LogP contribution in [0.3, 0.4) is 0 Å². The Balaban J connectivity index is 2.78. The first-order valence-electron chi connectivity index (χ1n) is 5.50. The fourth-order valence-corrected chi connectivity index (χ4v) is 1.43. The minimum atomic E-state index is -0.390. The molecule has 1 rings (SSSR count). The summed E-state index contributed by atoms with van der Waals surface area (Å²) in [6, 6.07) is 5.16. The van der Waals surface area contributed by atoms with Gasteiger partial charge in [-0.25, -0.2) is 0 Å². The molecule has 1 unspecified atom stereocenters. The van der Waals surface area contributed by atoms with Crippen LogP contribution in [-0.2, 0) is 11.2 Å². The second-order valence-corrected chi connectivity index (χ2v) is 3.55. The van der Waals surface area contributed by atoms with Crippen LogP contribution < -0.4 is 4.74 Å². The van der Waals surface area contributed by atoms with Crippen molar-refractivity contribution in [3.8, 4) is 11.5 Å². The maximum absolute atomic E-state index is 9.73. The van der Waals surface area contributed by atoms with Crippen LogP contribution in [-0.4, -0.2) is 18.0 Å². The zero-order valence-corrected chi connectivity index (χ0v) is 10.1. The van der Waals surface area contributed by atoms with E-state index in [0.29, 0.717) is 18.8 Å². The third-order valence-corrected chi connectivity index (χ3v) is 2.20. The zero-order valence-electron chi connectivity index (χ0n) is 10.1. The molecule has 0 saturated heterocycles. The molecule has 0 heterocycles. The molecule has 0 aliphatic heterocycles. The van der Waals surface area contributed by atoms with E-state index < -0.39 is 6.29 Å². The van der Waals surface area contributed by atoms with Crippen molar-refractivity contribution in [2.24, 2.45) is 0 Å². The fourth-order valence-electron chi connectivity index (χ4n) is 1.43. The molecule has 1 aromatic carbocycles. The molecule has 0 aromatic heterocycles. The lowest BCUT2D eigenvalue weighted by Crippen LogP contribution is -2.17. The van der Waals surface area contributed by atoms with Crippen molar-refractivity contribution in [3.63, 3.8) is 0 Å². The van der Waals surface area contributed by atoms with Crippen LogP contribution in [0.1, 0.15) is 12.5 Å². The predicted octanol–water partition coefficient (Wildman–Crippen LogP) is 3.05. The number of allylic oxidation sites excluding steroid dienone is 1. The third kappa shape index (κ3) is 3.96. The van der Waals surface area contributed by atoms with E-state index in [1.54, 1.807) is 37.3 Å². The number of hydrogen-bond donors (Lipinski definition) is 1. The zero-order chi connectivity index (χ0) is 12.7. The molecular weight excluding hydrogens is 216 g/mol. The van der Waals surface area contributed by atoms with E-state index in [4.69, 9.17) is 9.47 Å². The Labute approximate surface area is 102 Å². The molecule has 1 aromatic rings. The average molecular weight is 234 g/mol. The van der Waals surface area contributed by atoms with Crippen molar-refractivity contribution in [1.82, 2.24) is 0 Å². The first-order chi connectivity index (χ1) is 8.19. The Hall–Kier alpha value is -1.74. The van der Waals surface area contributed by atoms with Crippen molar-refractivity contribution in [2.45, 2.75) is 19.6 Å². The van der Waals surface area contributed by atoms with E-state index in [9.17, 15) is 5.11 Å². The number of ether oxygens (including phenoxy) is 2. The van der Waals surface area contributed by atoms with E-state index in [0.717, 1.165) is 5.56 Å². The highest BCUT2D eigenvalue weighted by Gasteiger charge is 2.10. The second-order valence-electron chi connectivity index (χ2n) is 3.55. The molecule has 0 aliphatic rings. The maximum atomic E-state index is 9.73. The van der Waals surface area contributed by atoms with Crippen LogP contribution >= 0.6 is 0 Å². The van der Waals surface area contributed by atoms with Gasteiger partial charge in [-0.15, -0.1) is 13.2 Å². The van der Waals surface area contributed by atoms with E-state index in [2.05, 4.69) is 13.2 Å². The summed E-state index contributed by atoms with van der Waals surface area (Å²) in [7, 11) is 0. The molecule has 3 nitrogen and oxygen atoms in total. The molecule has 0 saturated carbocycles. The Kier molecular flexibility index (Phi) is 5.30. The number of benzene rings is 1. The van der Waals surface area contributed by atoms with E-state index in [1.807, 2.05) is 0 Å². The minimum Gasteiger partial charge on any atom is -0.508 e. The average Bonchev–Trinajstić information content (AvgIpc) is 2.31. The van der Waals surface area contributed by atoms with Crippen LogP contribution in [0.4, 0.5) is 0 Å². The van der Waals surface area contributed by atoms with Crippen molar-refractivity contribution in [1.29, 1.82) is 0 Å². The lowest BCUT2D eigenvalue weighted by atomic mass is 10.1. The van der Waals surface area contributed by atoms with Crippen molar-refractivity contribution in [2.75, 3.05) is 6.61 Å². The standard InChI is InChI=1S/C14H18O3/c1-4-7-12-13(15)8-6-9-14(12)17-11(3)16-10-5-2/h4-6,8-9,11,15H,1-2,7,10H2,3H3. The molecular formula is C14H18O3. The largest absolute Gasteiger partial charge is 0.508 e. The molecule has 0 bridgehead atoms. The molecule has 0 spiro atoms. The van der Waals surface area contributed by atoms with Gasteiger partial charge in [-0.2, -0.15) is 0 Å². The molecule has 0 aliphatic carbocycles. The summed E-state index contributed by atoms with van der Waals surface area (Å²) in [6.07, 6.45) is 3.54. The highest BCUT2D eigenvalue weighted by Crippen LogP contribution is 2.29. The summed E-state index contributed by atoms with van der Waals surface area (Å²) in [4.78, 5) is 0. The molecule has 17 heavy (non-hydrogen) atoms. The number of hydrogen-bond acceptors (Lipinski definition) is 3. The Bertz CT molecular complexity index is 385. The van der Waals surface area contributed by atoms with Crippen LogP contribution in [0, 0.1) is 0 Å². The maximum Gasteiger partial charge on any atom is 0.197 e. The number of rotatable bonds is 7. The highest BCUT2D eigenvalue weighted by atomic mass is 16.7. The Morgan fingerprint density at radius 2 is 2.12 bits per heavy atom. The number of phenols is 1. The summed E-state index contributed by atoms with van der Waals surface area (Å²) in [6.45, 7) is 9.45. The van der Waals surface area contributed by atoms with Crippen LogP contribution in [0.25, 0.3) is 0 Å². The van der Waals surface area contributed by atoms with Crippen molar-refractivity contribution in [3.05, 3.63) is 49.1 Å². The minimum absolute atomic E-state index is 0.207. The third-order valence-electron chi connectivity index (χ3n) is 2.20. The topological polar surface area (TPSA) is 38.7 Å². The fraction of sp³-hybridized carbons (Fsp3) is 0.286. The summed E-state index contributed by atoms with van der Waals surface area (Å²) in [5.41, 5.74) is 0.719. The van der Waals surface area contributed by atoms with Gasteiger partial charge >= 0.3 is 0 Å². The Morgan fingerprint density at radius 1 is 1.35 bits per heavy atom. The van der Waals surface area contributed by atoms with Gasteiger partial charge in [-0.1, -0.05) is 18.2 Å². The summed E-state index contributed by atoms with van der Waals surface area (Å²) < 4.78 is 10.9. The van der Waals surface area contributed by atoms with Gasteiger partial charge in [0.1, 0.15) is 11.5 Å². The summed E-state index contributed by atoms with van der Waals surface area (Å²) >= 11 is 0. The van der Waals surface area contributed by atoms with Gasteiger partial charge in [0.15, 0.2) is 6.29 Å². The molecule has 0 amide bonds.